The minimum absolute atomic E-state index is 0.0190. The number of primary amides is 1. The van der Waals surface area contributed by atoms with Crippen LogP contribution in [-0.2, 0) is 19.8 Å². The maximum atomic E-state index is 13.9. The Morgan fingerprint density at radius 3 is 2.48 bits per heavy atom. The van der Waals surface area contributed by atoms with Crippen LogP contribution in [0.5, 0.6) is 6.01 Å². The van der Waals surface area contributed by atoms with Gasteiger partial charge in [0.25, 0.3) is 5.91 Å². The number of rotatable bonds is 5. The Kier molecular flexibility index (Phi) is 8.46. The lowest BCUT2D eigenvalue weighted by Crippen LogP contribution is -2.44. The normalized spacial score (nSPS) is 14.3. The Morgan fingerprint density at radius 2 is 1.80 bits per heavy atom. The number of benzene rings is 2. The van der Waals surface area contributed by atoms with Gasteiger partial charge in [0.05, 0.1) is 11.8 Å². The Balaban J connectivity index is 1.52. The highest BCUT2D eigenvalue weighted by atomic mass is 19.4. The van der Waals surface area contributed by atoms with E-state index in [1.165, 1.54) is 22.9 Å². The van der Waals surface area contributed by atoms with Gasteiger partial charge in [-0.3, -0.25) is 14.3 Å². The zero-order chi connectivity index (χ0) is 29.0. The lowest BCUT2D eigenvalue weighted by Gasteiger charge is -2.33. The van der Waals surface area contributed by atoms with Gasteiger partial charge in [-0.15, -0.1) is 0 Å². The summed E-state index contributed by atoms with van der Waals surface area (Å²) in [6.45, 7) is 4.97. The number of ether oxygens (including phenoxy) is 1. The van der Waals surface area contributed by atoms with Crippen LogP contribution < -0.4 is 15.8 Å². The smallest absolute Gasteiger partial charge is 0.375 e. The van der Waals surface area contributed by atoms with E-state index in [0.717, 1.165) is 24.7 Å². The van der Waals surface area contributed by atoms with Crippen LogP contribution in [0.2, 0.25) is 0 Å². The molecule has 0 spiro atoms. The number of piperazine rings is 1. The molecule has 210 valence electrons. The molecule has 2 amide bonds. The van der Waals surface area contributed by atoms with Crippen LogP contribution in [0.1, 0.15) is 38.3 Å². The van der Waals surface area contributed by atoms with Gasteiger partial charge in [0, 0.05) is 56.6 Å². The van der Waals surface area contributed by atoms with Gasteiger partial charge in [-0.05, 0) is 55.3 Å². The molecule has 40 heavy (non-hydrogen) atoms. The molecule has 0 saturated carbocycles. The number of likely N-dealkylation sites (N-methyl/N-ethyl adjacent to an activating group) is 1. The van der Waals surface area contributed by atoms with Crippen molar-refractivity contribution in [1.82, 2.24) is 19.4 Å². The molecule has 1 fully saturated rings. The summed E-state index contributed by atoms with van der Waals surface area (Å²) in [7, 11) is 3.58. The molecule has 2 heterocycles. The van der Waals surface area contributed by atoms with Gasteiger partial charge in [0.1, 0.15) is 5.69 Å². The van der Waals surface area contributed by atoms with E-state index >= 15 is 0 Å². The zero-order valence-electron chi connectivity index (χ0n) is 22.3. The highest BCUT2D eigenvalue weighted by Gasteiger charge is 2.34. The van der Waals surface area contributed by atoms with E-state index in [1.807, 2.05) is 18.9 Å². The molecule has 0 aliphatic carbocycles. The first-order valence-corrected chi connectivity index (χ1v) is 12.4. The molecule has 1 aromatic heterocycles. The van der Waals surface area contributed by atoms with Crippen molar-refractivity contribution in [2.45, 2.75) is 19.6 Å². The molecule has 0 unspecified atom stereocenters. The van der Waals surface area contributed by atoms with Crippen molar-refractivity contribution in [3.8, 4) is 17.9 Å². The van der Waals surface area contributed by atoms with Crippen LogP contribution >= 0.6 is 0 Å². The number of nitrogens with zero attached hydrogens (tertiary/aromatic N) is 4. The highest BCUT2D eigenvalue weighted by Crippen LogP contribution is 2.34. The van der Waals surface area contributed by atoms with Gasteiger partial charge in [-0.2, -0.15) is 13.2 Å². The van der Waals surface area contributed by atoms with Crippen LogP contribution in [0.3, 0.4) is 0 Å². The molecule has 3 N–H and O–H groups in total. The Morgan fingerprint density at radius 1 is 1.07 bits per heavy atom. The molecule has 1 saturated heterocycles. The predicted molar refractivity (Wildman–Crippen MR) is 143 cm³/mol. The molecule has 3 aromatic rings. The molecule has 1 aliphatic heterocycles. The van der Waals surface area contributed by atoms with E-state index in [0.29, 0.717) is 24.3 Å². The second-order valence-corrected chi connectivity index (χ2v) is 9.59. The molecular formula is C28H29F3N6O3. The van der Waals surface area contributed by atoms with Crippen molar-refractivity contribution in [3.05, 3.63) is 76.1 Å². The number of aryl methyl sites for hydroxylation is 1. The molecule has 0 bridgehead atoms. The van der Waals surface area contributed by atoms with E-state index in [9.17, 15) is 22.8 Å². The van der Waals surface area contributed by atoms with Crippen molar-refractivity contribution in [2.75, 3.05) is 38.5 Å². The summed E-state index contributed by atoms with van der Waals surface area (Å²) in [5.41, 5.74) is 6.44. The van der Waals surface area contributed by atoms with Crippen LogP contribution in [0.15, 0.2) is 42.6 Å². The first-order valence-electron chi connectivity index (χ1n) is 12.4. The molecule has 2 aromatic carbocycles. The fraction of sp³-hybridized carbons (Fsp3) is 0.321. The van der Waals surface area contributed by atoms with E-state index < -0.39 is 23.7 Å². The number of carbonyl (C=O) groups is 2. The summed E-state index contributed by atoms with van der Waals surface area (Å²) in [6.07, 6.45) is -4.17. The molecule has 0 atom stereocenters. The van der Waals surface area contributed by atoms with Gasteiger partial charge in [-0.1, -0.05) is 18.1 Å². The van der Waals surface area contributed by atoms with E-state index in [4.69, 9.17) is 10.5 Å². The summed E-state index contributed by atoms with van der Waals surface area (Å²) in [6, 6.07) is 8.70. The monoisotopic (exact) mass is 554 g/mol. The fourth-order valence-electron chi connectivity index (χ4n) is 4.23. The number of amides is 2. The number of halogens is 3. The summed E-state index contributed by atoms with van der Waals surface area (Å²) in [5, 5.41) is 2.58. The van der Waals surface area contributed by atoms with Gasteiger partial charge >= 0.3 is 18.3 Å². The van der Waals surface area contributed by atoms with E-state index in [-0.39, 0.29) is 29.4 Å². The highest BCUT2D eigenvalue weighted by molar-refractivity contribution is 6.04. The zero-order valence-corrected chi connectivity index (χ0v) is 22.3. The Hall–Kier alpha value is -4.34. The first-order chi connectivity index (χ1) is 18.9. The number of nitrogens with one attached hydrogen (secondary N) is 1. The SMILES string of the molecule is Cc1ccc(C(=O)Nc2ccc(CN3CCN(C)CC3)c(C(F)(F)F)c2)cc1C#Cc1cnc(OC(N)=O)n1C. The van der Waals surface area contributed by atoms with Crippen LogP contribution in [0, 0.1) is 18.8 Å². The number of imidazole rings is 1. The molecule has 0 radical (unpaired) electrons. The van der Waals surface area contributed by atoms with Crippen molar-refractivity contribution in [1.29, 1.82) is 0 Å². The van der Waals surface area contributed by atoms with E-state index in [1.54, 1.807) is 25.2 Å². The maximum Gasteiger partial charge on any atom is 0.416 e. The lowest BCUT2D eigenvalue weighted by molar-refractivity contribution is -0.138. The number of anilines is 1. The van der Waals surface area contributed by atoms with Gasteiger partial charge in [-0.25, -0.2) is 9.78 Å². The topological polar surface area (TPSA) is 106 Å². The Labute approximate surface area is 229 Å². The molecule has 1 aliphatic rings. The number of alkyl halides is 3. The van der Waals surface area contributed by atoms with Crippen molar-refractivity contribution >= 4 is 17.7 Å². The molecule has 4 rings (SSSR count). The quantitative estimate of drug-likeness (QED) is 0.467. The summed E-state index contributed by atoms with van der Waals surface area (Å²) in [5.74, 6) is 5.29. The van der Waals surface area contributed by atoms with Crippen LogP contribution in [0.4, 0.5) is 23.7 Å². The van der Waals surface area contributed by atoms with Crippen molar-refractivity contribution < 1.29 is 27.5 Å². The summed E-state index contributed by atoms with van der Waals surface area (Å²) >= 11 is 0. The second kappa shape index (κ2) is 11.8. The van der Waals surface area contributed by atoms with Crippen molar-refractivity contribution in [3.63, 3.8) is 0 Å². The lowest BCUT2D eigenvalue weighted by atomic mass is 10.0. The standard InChI is InChI=1S/C28H29F3N6O3/c1-18-4-5-20(14-19(18)7-9-23-16-33-27(36(23)3)40-26(32)39)25(38)34-22-8-6-21(24(15-22)28(29,30)31)17-37-12-10-35(2)11-13-37/h4-6,8,14-16H,10-13,17H2,1-3H3,(H2,32,39)(H,34,38). The number of carbonyl (C=O) groups excluding carboxylic acids is 2. The van der Waals surface area contributed by atoms with Gasteiger partial charge in [0.2, 0.25) is 0 Å². The third-order valence-corrected chi connectivity index (χ3v) is 6.63. The first kappa shape index (κ1) is 28.7. The summed E-state index contributed by atoms with van der Waals surface area (Å²) in [4.78, 5) is 32.0. The fourth-order valence-corrected chi connectivity index (χ4v) is 4.23. The molecular weight excluding hydrogens is 525 g/mol. The summed E-state index contributed by atoms with van der Waals surface area (Å²) < 4.78 is 48.0. The molecule has 9 nitrogen and oxygen atoms in total. The average Bonchev–Trinajstić information content (AvgIpc) is 3.23. The third kappa shape index (κ3) is 6.99. The number of hydrogen-bond donors (Lipinski definition) is 2. The minimum Gasteiger partial charge on any atom is -0.375 e. The molecule has 12 heteroatoms. The third-order valence-electron chi connectivity index (χ3n) is 6.63. The second-order valence-electron chi connectivity index (χ2n) is 9.59. The average molecular weight is 555 g/mol. The number of hydrogen-bond acceptors (Lipinski definition) is 6. The maximum absolute atomic E-state index is 13.9. The van der Waals surface area contributed by atoms with Crippen molar-refractivity contribution in [2.24, 2.45) is 12.8 Å². The van der Waals surface area contributed by atoms with E-state index in [2.05, 4.69) is 27.0 Å². The van der Waals surface area contributed by atoms with Crippen LogP contribution in [-0.4, -0.2) is 64.6 Å². The largest absolute Gasteiger partial charge is 0.416 e. The van der Waals surface area contributed by atoms with Gasteiger partial charge < -0.3 is 20.7 Å². The predicted octanol–water partition coefficient (Wildman–Crippen LogP) is 3.60. The number of nitrogens with two attached hydrogens (primary N) is 1. The minimum atomic E-state index is -4.57. The van der Waals surface area contributed by atoms with Gasteiger partial charge in [0.15, 0.2) is 0 Å². The van der Waals surface area contributed by atoms with Crippen LogP contribution in [0.25, 0.3) is 0 Å². The Bertz CT molecular complexity index is 1480. The number of aromatic nitrogens is 2.